The second kappa shape index (κ2) is 5.40. The third-order valence-corrected chi connectivity index (χ3v) is 2.89. The van der Waals surface area contributed by atoms with Crippen LogP contribution in [0.25, 0.3) is 0 Å². The quantitative estimate of drug-likeness (QED) is 0.791. The fourth-order valence-electron chi connectivity index (χ4n) is 1.75. The minimum absolute atomic E-state index is 0.200. The molecule has 0 radical (unpaired) electrons. The lowest BCUT2D eigenvalue weighted by atomic mass is 9.92. The van der Waals surface area contributed by atoms with Crippen molar-refractivity contribution in [1.82, 2.24) is 4.98 Å². The maximum Gasteiger partial charge on any atom is 0.184 e. The molecule has 0 aliphatic carbocycles. The first-order valence-corrected chi connectivity index (χ1v) is 5.73. The number of rotatable bonds is 3. The van der Waals surface area contributed by atoms with Crippen LogP contribution < -0.4 is 0 Å². The number of nitrogens with zero attached hydrogens (tertiary/aromatic N) is 2. The highest BCUT2D eigenvalue weighted by molar-refractivity contribution is 6.02. The Morgan fingerprint density at radius 1 is 1.32 bits per heavy atom. The normalized spacial score (nSPS) is 11.6. The summed E-state index contributed by atoms with van der Waals surface area (Å²) in [7, 11) is 0. The van der Waals surface area contributed by atoms with E-state index >= 15 is 0 Å². The van der Waals surface area contributed by atoms with E-state index in [4.69, 9.17) is 5.26 Å². The molecule has 0 aliphatic heterocycles. The molecule has 2 aromatic rings. The van der Waals surface area contributed by atoms with Gasteiger partial charge in [-0.2, -0.15) is 5.26 Å². The van der Waals surface area contributed by atoms with Crippen LogP contribution >= 0.6 is 0 Å². The number of carbonyl (C=O) groups excluding carboxylic acids is 1. The van der Waals surface area contributed by atoms with Crippen LogP contribution in [0.3, 0.4) is 0 Å². The monoisotopic (exact) mass is 254 g/mol. The van der Waals surface area contributed by atoms with Crippen molar-refractivity contribution in [2.75, 3.05) is 0 Å². The van der Waals surface area contributed by atoms with Gasteiger partial charge in [0, 0.05) is 18.0 Å². The number of hydrogen-bond donors (Lipinski definition) is 0. The summed E-state index contributed by atoms with van der Waals surface area (Å²) in [6.45, 7) is 1.62. The van der Waals surface area contributed by atoms with E-state index in [0.29, 0.717) is 11.1 Å². The zero-order valence-corrected chi connectivity index (χ0v) is 10.3. The fraction of sp³-hybridized carbons (Fsp3) is 0.133. The van der Waals surface area contributed by atoms with Gasteiger partial charge in [0.25, 0.3) is 0 Å². The standard InChI is InChI=1S/C15H11FN2O/c1-10-2-3-12(8-14(10)16)15(19)13(9-17)11-4-6-18-7-5-11/h2-8,13H,1H3. The Balaban J connectivity index is 2.37. The van der Waals surface area contributed by atoms with Crippen molar-refractivity contribution in [3.63, 3.8) is 0 Å². The van der Waals surface area contributed by atoms with Crippen LogP contribution in [0.2, 0.25) is 0 Å². The number of aromatic nitrogens is 1. The maximum atomic E-state index is 13.5. The van der Waals surface area contributed by atoms with E-state index in [9.17, 15) is 9.18 Å². The highest BCUT2D eigenvalue weighted by Gasteiger charge is 2.22. The zero-order valence-electron chi connectivity index (χ0n) is 10.3. The van der Waals surface area contributed by atoms with Crippen molar-refractivity contribution in [1.29, 1.82) is 5.26 Å². The van der Waals surface area contributed by atoms with Gasteiger partial charge in [-0.3, -0.25) is 9.78 Å². The molecule has 4 heteroatoms. The largest absolute Gasteiger partial charge is 0.292 e. The van der Waals surface area contributed by atoms with Crippen LogP contribution in [0.5, 0.6) is 0 Å². The lowest BCUT2D eigenvalue weighted by Crippen LogP contribution is -2.11. The Morgan fingerprint density at radius 2 is 2.00 bits per heavy atom. The molecule has 1 unspecified atom stereocenters. The summed E-state index contributed by atoms with van der Waals surface area (Å²) in [5.74, 6) is -1.80. The first kappa shape index (κ1) is 12.9. The van der Waals surface area contributed by atoms with Gasteiger partial charge in [0.1, 0.15) is 11.7 Å². The molecule has 0 saturated heterocycles. The smallest absolute Gasteiger partial charge is 0.184 e. The Hall–Kier alpha value is -2.54. The van der Waals surface area contributed by atoms with Gasteiger partial charge in [-0.15, -0.1) is 0 Å². The molecule has 0 aliphatic rings. The van der Waals surface area contributed by atoms with Gasteiger partial charge in [-0.25, -0.2) is 4.39 Å². The summed E-state index contributed by atoms with van der Waals surface area (Å²) >= 11 is 0. The molecule has 19 heavy (non-hydrogen) atoms. The summed E-state index contributed by atoms with van der Waals surface area (Å²) in [4.78, 5) is 16.1. The van der Waals surface area contributed by atoms with Gasteiger partial charge in [-0.1, -0.05) is 12.1 Å². The third kappa shape index (κ3) is 2.66. The Morgan fingerprint density at radius 3 is 2.58 bits per heavy atom. The van der Waals surface area contributed by atoms with Crippen LogP contribution in [0.15, 0.2) is 42.7 Å². The molecule has 1 heterocycles. The SMILES string of the molecule is Cc1ccc(C(=O)C(C#N)c2ccncc2)cc1F. The van der Waals surface area contributed by atoms with Crippen LogP contribution in [-0.2, 0) is 0 Å². The molecule has 2 rings (SSSR count). The molecule has 1 aromatic carbocycles. The first-order valence-electron chi connectivity index (χ1n) is 5.73. The number of pyridine rings is 1. The minimum Gasteiger partial charge on any atom is -0.292 e. The van der Waals surface area contributed by atoms with Crippen molar-refractivity contribution in [3.05, 3.63) is 65.2 Å². The number of benzene rings is 1. The molecule has 0 bridgehead atoms. The predicted octanol–water partition coefficient (Wildman–Crippen LogP) is 3.02. The highest BCUT2D eigenvalue weighted by atomic mass is 19.1. The summed E-state index contributed by atoms with van der Waals surface area (Å²) in [6, 6.07) is 9.40. The Kier molecular flexibility index (Phi) is 3.67. The number of halogens is 1. The molecule has 0 amide bonds. The highest BCUT2D eigenvalue weighted by Crippen LogP contribution is 2.21. The molecule has 0 saturated carbocycles. The topological polar surface area (TPSA) is 53.8 Å². The van der Waals surface area contributed by atoms with Crippen LogP contribution in [0.1, 0.15) is 27.4 Å². The van der Waals surface area contributed by atoms with Crippen LogP contribution in [0, 0.1) is 24.1 Å². The Bertz CT molecular complexity index is 647. The zero-order chi connectivity index (χ0) is 13.8. The Labute approximate surface area is 110 Å². The molecule has 1 aromatic heterocycles. The second-order valence-electron chi connectivity index (χ2n) is 4.17. The number of nitriles is 1. The van der Waals surface area contributed by atoms with E-state index in [-0.39, 0.29) is 5.56 Å². The first-order chi connectivity index (χ1) is 9.13. The predicted molar refractivity (Wildman–Crippen MR) is 68.1 cm³/mol. The van der Waals surface area contributed by atoms with E-state index in [1.807, 2.05) is 6.07 Å². The molecule has 0 N–H and O–H groups in total. The van der Waals surface area contributed by atoms with Gasteiger partial charge < -0.3 is 0 Å². The average Bonchev–Trinajstić information content (AvgIpc) is 2.44. The molecular formula is C15H11FN2O. The summed E-state index contributed by atoms with van der Waals surface area (Å²) in [6.07, 6.45) is 3.03. The number of aryl methyl sites for hydroxylation is 1. The summed E-state index contributed by atoms with van der Waals surface area (Å²) in [5.41, 5.74) is 1.23. The van der Waals surface area contributed by atoms with Crippen LogP contribution in [-0.4, -0.2) is 10.8 Å². The second-order valence-corrected chi connectivity index (χ2v) is 4.17. The van der Waals surface area contributed by atoms with E-state index in [1.165, 1.54) is 30.6 Å². The average molecular weight is 254 g/mol. The minimum atomic E-state index is -0.940. The van der Waals surface area contributed by atoms with E-state index in [2.05, 4.69) is 4.98 Å². The van der Waals surface area contributed by atoms with Crippen molar-refractivity contribution in [2.24, 2.45) is 0 Å². The number of hydrogen-bond acceptors (Lipinski definition) is 3. The van der Waals surface area contributed by atoms with E-state index in [1.54, 1.807) is 19.1 Å². The number of carbonyl (C=O) groups is 1. The summed E-state index contributed by atoms with van der Waals surface area (Å²) < 4.78 is 13.5. The van der Waals surface area contributed by atoms with Crippen molar-refractivity contribution < 1.29 is 9.18 Å². The van der Waals surface area contributed by atoms with Crippen molar-refractivity contribution in [2.45, 2.75) is 12.8 Å². The molecular weight excluding hydrogens is 243 g/mol. The molecule has 1 atom stereocenters. The van der Waals surface area contributed by atoms with Crippen molar-refractivity contribution in [3.8, 4) is 6.07 Å². The van der Waals surface area contributed by atoms with E-state index in [0.717, 1.165) is 0 Å². The molecule has 0 fully saturated rings. The lowest BCUT2D eigenvalue weighted by Gasteiger charge is -2.08. The lowest BCUT2D eigenvalue weighted by molar-refractivity contribution is 0.0978. The van der Waals surface area contributed by atoms with Gasteiger partial charge in [0.15, 0.2) is 5.78 Å². The van der Waals surface area contributed by atoms with Crippen LogP contribution in [0.4, 0.5) is 4.39 Å². The molecule has 94 valence electrons. The number of ketones is 1. The summed E-state index contributed by atoms with van der Waals surface area (Å²) in [5, 5.41) is 9.15. The van der Waals surface area contributed by atoms with Gasteiger partial charge in [0.2, 0.25) is 0 Å². The molecule has 0 spiro atoms. The van der Waals surface area contributed by atoms with Gasteiger partial charge in [-0.05, 0) is 36.2 Å². The third-order valence-electron chi connectivity index (χ3n) is 2.89. The maximum absolute atomic E-state index is 13.5. The van der Waals surface area contributed by atoms with Gasteiger partial charge in [0.05, 0.1) is 6.07 Å². The fourth-order valence-corrected chi connectivity index (χ4v) is 1.75. The molecule has 3 nitrogen and oxygen atoms in total. The number of Topliss-reactive ketones (excluding diaryl/α,β-unsaturated/α-hetero) is 1. The van der Waals surface area contributed by atoms with Crippen molar-refractivity contribution >= 4 is 5.78 Å². The van der Waals surface area contributed by atoms with Gasteiger partial charge >= 0.3 is 0 Å². The van der Waals surface area contributed by atoms with E-state index < -0.39 is 17.5 Å².